The van der Waals surface area contributed by atoms with Crippen LogP contribution in [0.25, 0.3) is 0 Å². The molecule has 0 saturated heterocycles. The molecule has 0 saturated carbocycles. The van der Waals surface area contributed by atoms with Gasteiger partial charge in [-0.1, -0.05) is 31.6 Å². The fraction of sp³-hybridized carbons (Fsp3) is 0.429. The van der Waals surface area contributed by atoms with Crippen LogP contribution in [-0.2, 0) is 11.2 Å². The van der Waals surface area contributed by atoms with Crippen LogP contribution in [0, 0.1) is 25.1 Å². The molecule has 1 N–H and O–H groups in total. The molecular formula is C21H23FN2O. The number of fused-ring (bicyclic) bond motifs is 1. The molecule has 1 heterocycles. The van der Waals surface area contributed by atoms with Gasteiger partial charge in [-0.2, -0.15) is 5.10 Å². The van der Waals surface area contributed by atoms with Gasteiger partial charge in [0.1, 0.15) is 5.82 Å². The normalized spacial score (nSPS) is 22.0. The first-order chi connectivity index (χ1) is 11.8. The smallest absolute Gasteiger partial charge is 0.160 e. The minimum Gasteiger partial charge on any atom is -0.294 e. The maximum Gasteiger partial charge on any atom is 0.160 e. The molecule has 1 atom stereocenters. The van der Waals surface area contributed by atoms with Crippen LogP contribution in [0.5, 0.6) is 0 Å². The second-order valence-corrected chi connectivity index (χ2v) is 8.23. The van der Waals surface area contributed by atoms with Crippen molar-refractivity contribution in [2.75, 3.05) is 0 Å². The molecule has 3 nitrogen and oxygen atoms in total. The highest BCUT2D eigenvalue weighted by Gasteiger charge is 2.42. The first-order valence-electron chi connectivity index (χ1n) is 8.82. The first-order valence-corrected chi connectivity index (χ1v) is 8.82. The minimum absolute atomic E-state index is 0.0275. The molecule has 0 amide bonds. The van der Waals surface area contributed by atoms with E-state index in [1.165, 1.54) is 11.6 Å². The number of hydrogen-bond donors (Lipinski definition) is 1. The van der Waals surface area contributed by atoms with Crippen LogP contribution in [0.2, 0.25) is 0 Å². The third kappa shape index (κ3) is 2.46. The topological polar surface area (TPSA) is 45.8 Å². The third-order valence-electron chi connectivity index (χ3n) is 5.66. The van der Waals surface area contributed by atoms with Crippen molar-refractivity contribution in [2.24, 2.45) is 5.41 Å². The van der Waals surface area contributed by atoms with E-state index in [9.17, 15) is 9.18 Å². The van der Waals surface area contributed by atoms with Gasteiger partial charge >= 0.3 is 0 Å². The summed E-state index contributed by atoms with van der Waals surface area (Å²) in [6.07, 6.45) is 2.16. The quantitative estimate of drug-likeness (QED) is 0.830. The van der Waals surface area contributed by atoms with E-state index in [-0.39, 0.29) is 22.9 Å². The van der Waals surface area contributed by atoms with E-state index >= 15 is 0 Å². The maximum atomic E-state index is 14.3. The highest BCUT2D eigenvalue weighted by molar-refractivity contribution is 6.00. The summed E-state index contributed by atoms with van der Waals surface area (Å²) < 4.78 is 14.3. The van der Waals surface area contributed by atoms with Crippen LogP contribution in [0.4, 0.5) is 4.39 Å². The number of Topliss-reactive ketones (excluding diaryl/α,β-unsaturated/α-hetero) is 1. The minimum atomic E-state index is -0.225. The van der Waals surface area contributed by atoms with Gasteiger partial charge in [0.05, 0.1) is 5.69 Å². The second kappa shape index (κ2) is 5.38. The van der Waals surface area contributed by atoms with Gasteiger partial charge in [0, 0.05) is 35.6 Å². The van der Waals surface area contributed by atoms with E-state index in [2.05, 4.69) is 24.0 Å². The van der Waals surface area contributed by atoms with Gasteiger partial charge in [-0.05, 0) is 42.9 Å². The first kappa shape index (κ1) is 16.2. The number of benzene rings is 1. The van der Waals surface area contributed by atoms with Gasteiger partial charge < -0.3 is 0 Å². The van der Waals surface area contributed by atoms with Crippen molar-refractivity contribution in [3.05, 3.63) is 63.2 Å². The Morgan fingerprint density at radius 2 is 2.00 bits per heavy atom. The van der Waals surface area contributed by atoms with E-state index in [1.807, 2.05) is 13.0 Å². The largest absolute Gasteiger partial charge is 0.294 e. The SMILES string of the molecule is Cc1[nH]nc2c1C(c1cccc(F)c1C)C1=C(C2)CC(C)(C)CC1=O. The lowest BCUT2D eigenvalue weighted by Crippen LogP contribution is -2.32. The zero-order valence-corrected chi connectivity index (χ0v) is 15.2. The number of halogens is 1. The molecule has 2 aliphatic carbocycles. The second-order valence-electron chi connectivity index (χ2n) is 8.23. The van der Waals surface area contributed by atoms with Gasteiger partial charge in [-0.15, -0.1) is 0 Å². The average Bonchev–Trinajstić information content (AvgIpc) is 2.88. The third-order valence-corrected chi connectivity index (χ3v) is 5.66. The monoisotopic (exact) mass is 338 g/mol. The van der Waals surface area contributed by atoms with Crippen LogP contribution in [0.3, 0.4) is 0 Å². The lowest BCUT2D eigenvalue weighted by molar-refractivity contribution is -0.118. The number of rotatable bonds is 1. The molecule has 0 spiro atoms. The van der Waals surface area contributed by atoms with E-state index in [1.54, 1.807) is 13.0 Å². The predicted molar refractivity (Wildman–Crippen MR) is 95.1 cm³/mol. The van der Waals surface area contributed by atoms with Crippen molar-refractivity contribution in [3.63, 3.8) is 0 Å². The molecule has 0 bridgehead atoms. The molecule has 1 unspecified atom stereocenters. The molecule has 2 aromatic rings. The van der Waals surface area contributed by atoms with Gasteiger partial charge in [-0.3, -0.25) is 9.89 Å². The Hall–Kier alpha value is -2.23. The Labute approximate surface area is 147 Å². The highest BCUT2D eigenvalue weighted by Crippen LogP contribution is 2.49. The summed E-state index contributed by atoms with van der Waals surface area (Å²) in [6, 6.07) is 5.16. The fourth-order valence-corrected chi connectivity index (χ4v) is 4.59. The Morgan fingerprint density at radius 1 is 1.24 bits per heavy atom. The highest BCUT2D eigenvalue weighted by atomic mass is 19.1. The number of aryl methyl sites for hydroxylation is 1. The zero-order valence-electron chi connectivity index (χ0n) is 15.2. The standard InChI is InChI=1S/C21H23FN2O/c1-11-14(6-5-7-15(11)22)20-18-12(2)23-24-16(18)8-13-9-21(3,4)10-17(25)19(13)20/h5-7,20H,8-10H2,1-4H3,(H,23,24). The van der Waals surface area contributed by atoms with Gasteiger partial charge in [0.2, 0.25) is 0 Å². The van der Waals surface area contributed by atoms with E-state index in [0.717, 1.165) is 40.9 Å². The molecular weight excluding hydrogens is 315 g/mol. The van der Waals surface area contributed by atoms with Crippen LogP contribution in [0.1, 0.15) is 60.7 Å². The maximum absolute atomic E-state index is 14.3. The number of carbonyl (C=O) groups is 1. The molecule has 4 heteroatoms. The summed E-state index contributed by atoms with van der Waals surface area (Å²) >= 11 is 0. The summed E-state index contributed by atoms with van der Waals surface area (Å²) in [5.41, 5.74) is 6.54. The molecule has 25 heavy (non-hydrogen) atoms. The summed E-state index contributed by atoms with van der Waals surface area (Å²) in [4.78, 5) is 13.1. The number of ketones is 1. The number of nitrogens with zero attached hydrogens (tertiary/aromatic N) is 1. The predicted octanol–water partition coefficient (Wildman–Crippen LogP) is 4.54. The van der Waals surface area contributed by atoms with Crippen molar-refractivity contribution < 1.29 is 9.18 Å². The van der Waals surface area contributed by atoms with Crippen LogP contribution in [0.15, 0.2) is 29.3 Å². The summed E-state index contributed by atoms with van der Waals surface area (Å²) in [5, 5.41) is 7.56. The summed E-state index contributed by atoms with van der Waals surface area (Å²) in [6.45, 7) is 8.06. The van der Waals surface area contributed by atoms with Gasteiger partial charge in [0.15, 0.2) is 5.78 Å². The number of aromatic amines is 1. The summed E-state index contributed by atoms with van der Waals surface area (Å²) in [7, 11) is 0. The number of nitrogens with one attached hydrogen (secondary N) is 1. The van der Waals surface area contributed by atoms with Crippen molar-refractivity contribution in [3.8, 4) is 0 Å². The summed E-state index contributed by atoms with van der Waals surface area (Å²) in [5.74, 6) is -0.237. The lowest BCUT2D eigenvalue weighted by atomic mass is 9.64. The van der Waals surface area contributed by atoms with Crippen molar-refractivity contribution in [1.29, 1.82) is 0 Å². The number of H-pyrrole nitrogens is 1. The fourth-order valence-electron chi connectivity index (χ4n) is 4.59. The van der Waals surface area contributed by atoms with Gasteiger partial charge in [-0.25, -0.2) is 4.39 Å². The Kier molecular flexibility index (Phi) is 3.50. The van der Waals surface area contributed by atoms with Crippen molar-refractivity contribution in [1.82, 2.24) is 10.2 Å². The molecule has 0 aliphatic heterocycles. The molecule has 1 aromatic heterocycles. The van der Waals surface area contributed by atoms with Crippen LogP contribution < -0.4 is 0 Å². The Balaban J connectivity index is 1.98. The molecule has 0 fully saturated rings. The van der Waals surface area contributed by atoms with Crippen LogP contribution in [-0.4, -0.2) is 16.0 Å². The average molecular weight is 338 g/mol. The number of aromatic nitrogens is 2. The molecule has 4 rings (SSSR count). The molecule has 130 valence electrons. The molecule has 0 radical (unpaired) electrons. The molecule has 1 aromatic carbocycles. The van der Waals surface area contributed by atoms with E-state index in [0.29, 0.717) is 12.0 Å². The number of carbonyl (C=O) groups excluding carboxylic acids is 1. The van der Waals surface area contributed by atoms with Crippen LogP contribution >= 0.6 is 0 Å². The Bertz CT molecular complexity index is 920. The van der Waals surface area contributed by atoms with Crippen molar-refractivity contribution in [2.45, 2.75) is 52.9 Å². The Morgan fingerprint density at radius 3 is 2.76 bits per heavy atom. The van der Waals surface area contributed by atoms with E-state index < -0.39 is 0 Å². The number of hydrogen-bond acceptors (Lipinski definition) is 2. The lowest BCUT2D eigenvalue weighted by Gasteiger charge is -2.38. The van der Waals surface area contributed by atoms with E-state index in [4.69, 9.17) is 0 Å². The van der Waals surface area contributed by atoms with Gasteiger partial charge in [0.25, 0.3) is 0 Å². The van der Waals surface area contributed by atoms with Crippen molar-refractivity contribution >= 4 is 5.78 Å². The molecule has 2 aliphatic rings. The zero-order chi connectivity index (χ0) is 17.9. The number of allylic oxidation sites excluding steroid dienone is 2.